The molecule has 1 amide bonds. The van der Waals surface area contributed by atoms with E-state index in [-0.39, 0.29) is 13.2 Å². The summed E-state index contributed by atoms with van der Waals surface area (Å²) in [5.41, 5.74) is 1.05. The molecule has 3 heteroatoms. The minimum absolute atomic E-state index is 0. The van der Waals surface area contributed by atoms with Gasteiger partial charge in [0.15, 0.2) is 0 Å². The van der Waals surface area contributed by atoms with Crippen molar-refractivity contribution in [2.24, 2.45) is 0 Å². The highest BCUT2D eigenvalue weighted by atomic mass is 19.1. The number of nitrogens with one attached hydrogen (secondary N) is 1. The second-order valence-electron chi connectivity index (χ2n) is 2.23. The topological polar surface area (TPSA) is 29.1 Å². The molecule has 0 aromatic heterocycles. The first-order valence-corrected chi connectivity index (χ1v) is 3.20. The molecule has 1 N–H and O–H groups in total. The zero-order valence-corrected chi connectivity index (χ0v) is 6.10. The maximum atomic E-state index is 12.7. The first kappa shape index (κ1) is 10.6. The van der Waals surface area contributed by atoms with Crippen molar-refractivity contribution in [3.63, 3.8) is 0 Å². The van der Waals surface area contributed by atoms with Gasteiger partial charge in [0.25, 0.3) is 0 Å². The van der Waals surface area contributed by atoms with Crippen LogP contribution in [0.4, 0.5) is 10.1 Å². The van der Waals surface area contributed by atoms with Crippen LogP contribution in [0.3, 0.4) is 0 Å². The summed E-state index contributed by atoms with van der Waals surface area (Å²) in [6.45, 7) is 1.67. The van der Waals surface area contributed by atoms with Crippen LogP contribution in [-0.2, 0) is 4.79 Å². The predicted molar refractivity (Wildman–Crippen MR) is 47.6 cm³/mol. The van der Waals surface area contributed by atoms with E-state index in [4.69, 9.17) is 0 Å². The van der Waals surface area contributed by atoms with Crippen molar-refractivity contribution in [3.05, 3.63) is 29.6 Å². The maximum absolute atomic E-state index is 12.7. The summed E-state index contributed by atoms with van der Waals surface area (Å²) in [5.74, 6) is -0.308. The van der Waals surface area contributed by atoms with E-state index < -0.39 is 0 Å². The molecule has 2 nitrogen and oxygen atoms in total. The van der Waals surface area contributed by atoms with Crippen molar-refractivity contribution in [2.75, 3.05) is 5.32 Å². The number of rotatable bonds is 2. The third-order valence-corrected chi connectivity index (χ3v) is 1.40. The molecule has 12 heavy (non-hydrogen) atoms. The Morgan fingerprint density at radius 2 is 2.17 bits per heavy atom. The molecule has 0 spiro atoms. The summed E-state index contributed by atoms with van der Waals surface area (Å²) in [5, 5.41) is 2.36. The molecule has 0 saturated heterocycles. The van der Waals surface area contributed by atoms with Gasteiger partial charge in [0.2, 0.25) is 6.41 Å². The quantitative estimate of drug-likeness (QED) is 0.676. The van der Waals surface area contributed by atoms with Gasteiger partial charge < -0.3 is 5.32 Å². The number of aryl methyl sites for hydroxylation is 1. The lowest BCUT2D eigenvalue weighted by Crippen LogP contribution is -1.94. The van der Waals surface area contributed by atoms with Crippen LogP contribution in [0.15, 0.2) is 18.2 Å². The summed E-state index contributed by atoms with van der Waals surface area (Å²) in [6, 6.07) is 4.54. The van der Waals surface area contributed by atoms with E-state index in [1.54, 1.807) is 19.1 Å². The Kier molecular flexibility index (Phi) is 3.97. The number of carbonyl (C=O) groups is 1. The standard InChI is InChI=1S/C8H8FNO.CH4/c1-6-2-3-7(10-5-11)4-8(6)9;/h2-5H,1H3,(H,10,11);1H4. The number of hydrogen-bond acceptors (Lipinski definition) is 1. The highest BCUT2D eigenvalue weighted by molar-refractivity contribution is 5.71. The van der Waals surface area contributed by atoms with E-state index in [1.165, 1.54) is 6.07 Å². The molecular formula is C9H12FNO. The zero-order valence-electron chi connectivity index (χ0n) is 6.10. The average molecular weight is 169 g/mol. The van der Waals surface area contributed by atoms with Crippen LogP contribution in [-0.4, -0.2) is 6.41 Å². The number of hydrogen-bond donors (Lipinski definition) is 1. The summed E-state index contributed by atoms with van der Waals surface area (Å²) in [4.78, 5) is 9.94. The van der Waals surface area contributed by atoms with Gasteiger partial charge >= 0.3 is 0 Å². The number of amides is 1. The predicted octanol–water partition coefficient (Wildman–Crippen LogP) is 2.34. The molecule has 0 aliphatic carbocycles. The van der Waals surface area contributed by atoms with E-state index in [0.717, 1.165) is 0 Å². The van der Waals surface area contributed by atoms with Gasteiger partial charge in [-0.1, -0.05) is 13.5 Å². The second-order valence-corrected chi connectivity index (χ2v) is 2.23. The Bertz CT molecular complexity index is 273. The lowest BCUT2D eigenvalue weighted by molar-refractivity contribution is -0.105. The molecule has 1 aromatic carbocycles. The van der Waals surface area contributed by atoms with E-state index >= 15 is 0 Å². The molecule has 0 unspecified atom stereocenters. The van der Waals surface area contributed by atoms with Crippen LogP contribution in [0.5, 0.6) is 0 Å². The molecule has 0 atom stereocenters. The minimum atomic E-state index is -0.308. The Hall–Kier alpha value is -1.38. The van der Waals surface area contributed by atoms with E-state index in [9.17, 15) is 9.18 Å². The van der Waals surface area contributed by atoms with E-state index in [1.807, 2.05) is 0 Å². The first-order valence-electron chi connectivity index (χ1n) is 3.20. The third-order valence-electron chi connectivity index (χ3n) is 1.40. The van der Waals surface area contributed by atoms with Crippen molar-refractivity contribution in [2.45, 2.75) is 14.4 Å². The molecule has 1 rings (SSSR count). The average Bonchev–Trinajstić information content (AvgIpc) is 1.98. The number of halogens is 1. The molecule has 0 heterocycles. The van der Waals surface area contributed by atoms with Crippen LogP contribution < -0.4 is 5.32 Å². The van der Waals surface area contributed by atoms with E-state index in [2.05, 4.69) is 5.32 Å². The highest BCUT2D eigenvalue weighted by Gasteiger charge is 1.96. The lowest BCUT2D eigenvalue weighted by Gasteiger charge is -1.99. The molecule has 0 fully saturated rings. The Labute approximate surface area is 71.4 Å². The summed E-state index contributed by atoms with van der Waals surface area (Å²) < 4.78 is 12.7. The van der Waals surface area contributed by atoms with Gasteiger partial charge in [-0.05, 0) is 24.6 Å². The van der Waals surface area contributed by atoms with Crippen molar-refractivity contribution in [1.29, 1.82) is 0 Å². The van der Waals surface area contributed by atoms with Gasteiger partial charge in [-0.25, -0.2) is 4.39 Å². The normalized spacial score (nSPS) is 8.50. The minimum Gasteiger partial charge on any atom is -0.329 e. The highest BCUT2D eigenvalue weighted by Crippen LogP contribution is 2.12. The monoisotopic (exact) mass is 169 g/mol. The van der Waals surface area contributed by atoms with Crippen LogP contribution in [0.1, 0.15) is 13.0 Å². The summed E-state index contributed by atoms with van der Waals surface area (Å²) >= 11 is 0. The fraction of sp³-hybridized carbons (Fsp3) is 0.222. The number of anilines is 1. The summed E-state index contributed by atoms with van der Waals surface area (Å²) in [6.07, 6.45) is 0.518. The molecule has 0 bridgehead atoms. The summed E-state index contributed by atoms with van der Waals surface area (Å²) in [7, 11) is 0. The Morgan fingerprint density at radius 1 is 1.50 bits per heavy atom. The van der Waals surface area contributed by atoms with Crippen LogP contribution in [0.25, 0.3) is 0 Å². The zero-order chi connectivity index (χ0) is 8.27. The van der Waals surface area contributed by atoms with Crippen LogP contribution in [0, 0.1) is 12.7 Å². The molecular weight excluding hydrogens is 157 g/mol. The van der Waals surface area contributed by atoms with Gasteiger partial charge in [0.05, 0.1) is 0 Å². The molecule has 0 aliphatic rings. The SMILES string of the molecule is C.Cc1ccc(NC=O)cc1F. The van der Waals surface area contributed by atoms with Gasteiger partial charge in [-0.2, -0.15) is 0 Å². The molecule has 0 saturated carbocycles. The fourth-order valence-electron chi connectivity index (χ4n) is 0.751. The van der Waals surface area contributed by atoms with Crippen LogP contribution >= 0.6 is 0 Å². The molecule has 66 valence electrons. The van der Waals surface area contributed by atoms with E-state index in [0.29, 0.717) is 17.7 Å². The Morgan fingerprint density at radius 3 is 2.67 bits per heavy atom. The van der Waals surface area contributed by atoms with Gasteiger partial charge in [0.1, 0.15) is 5.82 Å². The van der Waals surface area contributed by atoms with Crippen molar-refractivity contribution >= 4 is 12.1 Å². The smallest absolute Gasteiger partial charge is 0.211 e. The lowest BCUT2D eigenvalue weighted by atomic mass is 10.2. The van der Waals surface area contributed by atoms with Crippen molar-refractivity contribution in [1.82, 2.24) is 0 Å². The van der Waals surface area contributed by atoms with Crippen LogP contribution in [0.2, 0.25) is 0 Å². The van der Waals surface area contributed by atoms with Gasteiger partial charge in [-0.15, -0.1) is 0 Å². The van der Waals surface area contributed by atoms with Gasteiger partial charge in [0, 0.05) is 5.69 Å². The Balaban J connectivity index is 0.00000121. The molecule has 1 aromatic rings. The van der Waals surface area contributed by atoms with Crippen molar-refractivity contribution < 1.29 is 9.18 Å². The van der Waals surface area contributed by atoms with Gasteiger partial charge in [-0.3, -0.25) is 4.79 Å². The molecule has 0 radical (unpaired) electrons. The maximum Gasteiger partial charge on any atom is 0.211 e. The third kappa shape index (κ3) is 2.34. The van der Waals surface area contributed by atoms with Crippen molar-refractivity contribution in [3.8, 4) is 0 Å². The fourth-order valence-corrected chi connectivity index (χ4v) is 0.751. The number of carbonyl (C=O) groups excluding carboxylic acids is 1. The first-order chi connectivity index (χ1) is 5.24. The second kappa shape index (κ2) is 4.49. The molecule has 0 aliphatic heterocycles. The largest absolute Gasteiger partial charge is 0.329 e. The number of benzene rings is 1.